The summed E-state index contributed by atoms with van der Waals surface area (Å²) in [6.07, 6.45) is 0. The Hall–Kier alpha value is -2.16. The Morgan fingerprint density at radius 1 is 1.11 bits per heavy atom. The highest BCUT2D eigenvalue weighted by Gasteiger charge is 2.10. The molecular weight excluding hydrogens is 227 g/mol. The van der Waals surface area contributed by atoms with Gasteiger partial charge in [-0.1, -0.05) is 23.8 Å². The van der Waals surface area contributed by atoms with Crippen molar-refractivity contribution >= 4 is 11.0 Å². The summed E-state index contributed by atoms with van der Waals surface area (Å²) in [7, 11) is 0. The van der Waals surface area contributed by atoms with E-state index in [1.165, 1.54) is 6.07 Å². The summed E-state index contributed by atoms with van der Waals surface area (Å²) in [5.74, 6) is 0.427. The number of hydrogen-bond donors (Lipinski definition) is 1. The Labute approximate surface area is 104 Å². The zero-order valence-electron chi connectivity index (χ0n) is 10.3. The first kappa shape index (κ1) is 11.0. The standard InChI is InChI=1S/C15H13FN2/c1-9-6-7-10(2)11(8-9)15-17-13-5-3-4-12(16)14(13)18-15/h3-8H,1-2H3,(H,17,18). The van der Waals surface area contributed by atoms with Crippen molar-refractivity contribution in [2.24, 2.45) is 0 Å². The van der Waals surface area contributed by atoms with Crippen molar-refractivity contribution < 1.29 is 4.39 Å². The van der Waals surface area contributed by atoms with Crippen LogP contribution in [0.4, 0.5) is 4.39 Å². The Kier molecular flexibility index (Phi) is 2.40. The van der Waals surface area contributed by atoms with Gasteiger partial charge in [-0.2, -0.15) is 0 Å². The smallest absolute Gasteiger partial charge is 0.151 e. The minimum atomic E-state index is -0.291. The molecule has 0 unspecified atom stereocenters. The van der Waals surface area contributed by atoms with Crippen molar-refractivity contribution in [3.63, 3.8) is 0 Å². The number of rotatable bonds is 1. The Morgan fingerprint density at radius 3 is 2.72 bits per heavy atom. The van der Waals surface area contributed by atoms with E-state index in [2.05, 4.69) is 22.1 Å². The van der Waals surface area contributed by atoms with E-state index in [0.717, 1.165) is 28.0 Å². The summed E-state index contributed by atoms with van der Waals surface area (Å²) in [5, 5.41) is 0. The molecule has 18 heavy (non-hydrogen) atoms. The van der Waals surface area contributed by atoms with Crippen LogP contribution in [-0.2, 0) is 0 Å². The summed E-state index contributed by atoms with van der Waals surface area (Å²) >= 11 is 0. The van der Waals surface area contributed by atoms with E-state index in [1.807, 2.05) is 26.0 Å². The van der Waals surface area contributed by atoms with Crippen LogP contribution in [0.3, 0.4) is 0 Å². The fourth-order valence-corrected chi connectivity index (χ4v) is 2.12. The van der Waals surface area contributed by atoms with Crippen molar-refractivity contribution in [1.29, 1.82) is 0 Å². The van der Waals surface area contributed by atoms with Crippen LogP contribution in [0, 0.1) is 19.7 Å². The van der Waals surface area contributed by atoms with Gasteiger partial charge in [0.15, 0.2) is 5.82 Å². The summed E-state index contributed by atoms with van der Waals surface area (Å²) in [4.78, 5) is 7.52. The summed E-state index contributed by atoms with van der Waals surface area (Å²) < 4.78 is 13.6. The first-order chi connectivity index (χ1) is 8.65. The number of para-hydroxylation sites is 1. The number of hydrogen-bond acceptors (Lipinski definition) is 1. The van der Waals surface area contributed by atoms with Crippen molar-refractivity contribution in [1.82, 2.24) is 9.97 Å². The average molecular weight is 240 g/mol. The zero-order valence-corrected chi connectivity index (χ0v) is 10.3. The maximum atomic E-state index is 13.6. The summed E-state index contributed by atoms with van der Waals surface area (Å²) in [6, 6.07) is 11.1. The van der Waals surface area contributed by atoms with E-state index in [9.17, 15) is 4.39 Å². The molecule has 0 saturated carbocycles. The fourth-order valence-electron chi connectivity index (χ4n) is 2.12. The molecule has 0 radical (unpaired) electrons. The molecule has 3 aromatic rings. The number of aromatic nitrogens is 2. The average Bonchev–Trinajstić information content (AvgIpc) is 2.77. The van der Waals surface area contributed by atoms with Gasteiger partial charge >= 0.3 is 0 Å². The van der Waals surface area contributed by atoms with Gasteiger partial charge in [-0.05, 0) is 37.6 Å². The van der Waals surface area contributed by atoms with Crippen LogP contribution in [0.5, 0.6) is 0 Å². The molecule has 1 aromatic heterocycles. The van der Waals surface area contributed by atoms with Crippen LogP contribution in [0.1, 0.15) is 11.1 Å². The van der Waals surface area contributed by atoms with Crippen LogP contribution in [0.25, 0.3) is 22.4 Å². The second-order valence-electron chi connectivity index (χ2n) is 4.54. The number of nitrogens with one attached hydrogen (secondary N) is 1. The van der Waals surface area contributed by atoms with Gasteiger partial charge in [0.1, 0.15) is 11.3 Å². The molecule has 90 valence electrons. The summed E-state index contributed by atoms with van der Waals surface area (Å²) in [6.45, 7) is 4.06. The number of H-pyrrole nitrogens is 1. The maximum absolute atomic E-state index is 13.6. The highest BCUT2D eigenvalue weighted by molar-refractivity contribution is 5.80. The largest absolute Gasteiger partial charge is 0.338 e. The van der Waals surface area contributed by atoms with E-state index in [1.54, 1.807) is 6.07 Å². The molecule has 0 saturated heterocycles. The van der Waals surface area contributed by atoms with Gasteiger partial charge in [0.05, 0.1) is 5.52 Å². The molecule has 2 nitrogen and oxygen atoms in total. The molecule has 0 aliphatic carbocycles. The molecule has 1 N–H and O–H groups in total. The number of benzene rings is 2. The summed E-state index contributed by atoms with van der Waals surface area (Å²) in [5.41, 5.74) is 4.43. The van der Waals surface area contributed by atoms with Gasteiger partial charge in [-0.15, -0.1) is 0 Å². The molecule has 3 heteroatoms. The second-order valence-corrected chi connectivity index (χ2v) is 4.54. The topological polar surface area (TPSA) is 28.7 Å². The minimum absolute atomic E-state index is 0.291. The van der Waals surface area contributed by atoms with Gasteiger partial charge in [0.25, 0.3) is 0 Å². The third-order valence-electron chi connectivity index (χ3n) is 3.11. The van der Waals surface area contributed by atoms with Crippen LogP contribution in [0.15, 0.2) is 36.4 Å². The predicted molar refractivity (Wildman–Crippen MR) is 71.0 cm³/mol. The predicted octanol–water partition coefficient (Wildman–Crippen LogP) is 3.99. The number of halogens is 1. The number of imidazole rings is 1. The van der Waals surface area contributed by atoms with Gasteiger partial charge < -0.3 is 4.98 Å². The molecule has 0 amide bonds. The normalized spacial score (nSPS) is 11.1. The molecule has 3 rings (SSSR count). The van der Waals surface area contributed by atoms with Crippen LogP contribution in [0.2, 0.25) is 0 Å². The van der Waals surface area contributed by atoms with Crippen LogP contribution < -0.4 is 0 Å². The van der Waals surface area contributed by atoms with E-state index in [4.69, 9.17) is 0 Å². The number of nitrogens with zero attached hydrogens (tertiary/aromatic N) is 1. The SMILES string of the molecule is Cc1ccc(C)c(-c2nc3c(F)cccc3[nH]2)c1. The number of aryl methyl sites for hydroxylation is 2. The van der Waals surface area contributed by atoms with Gasteiger partial charge in [-0.3, -0.25) is 0 Å². The first-order valence-electron chi connectivity index (χ1n) is 5.87. The lowest BCUT2D eigenvalue weighted by atomic mass is 10.1. The third-order valence-corrected chi connectivity index (χ3v) is 3.11. The maximum Gasteiger partial charge on any atom is 0.151 e. The Balaban J connectivity index is 2.26. The molecule has 0 fully saturated rings. The lowest BCUT2D eigenvalue weighted by molar-refractivity contribution is 0.637. The second kappa shape index (κ2) is 3.95. The Bertz CT molecular complexity index is 728. The molecule has 0 aliphatic heterocycles. The Morgan fingerprint density at radius 2 is 1.94 bits per heavy atom. The molecule has 0 atom stereocenters. The molecule has 0 bridgehead atoms. The van der Waals surface area contributed by atoms with E-state index < -0.39 is 0 Å². The highest BCUT2D eigenvalue weighted by Crippen LogP contribution is 2.25. The van der Waals surface area contributed by atoms with Crippen molar-refractivity contribution in [2.75, 3.05) is 0 Å². The third kappa shape index (κ3) is 1.68. The first-order valence-corrected chi connectivity index (χ1v) is 5.87. The lowest BCUT2D eigenvalue weighted by Gasteiger charge is -2.03. The van der Waals surface area contributed by atoms with Crippen LogP contribution in [-0.4, -0.2) is 9.97 Å². The molecule has 2 aromatic carbocycles. The van der Waals surface area contributed by atoms with E-state index >= 15 is 0 Å². The van der Waals surface area contributed by atoms with Gasteiger partial charge in [-0.25, -0.2) is 9.37 Å². The molecule has 0 aliphatic rings. The molecular formula is C15H13FN2. The molecule has 0 spiro atoms. The monoisotopic (exact) mass is 240 g/mol. The quantitative estimate of drug-likeness (QED) is 0.684. The van der Waals surface area contributed by atoms with E-state index in [0.29, 0.717) is 5.52 Å². The van der Waals surface area contributed by atoms with Crippen LogP contribution >= 0.6 is 0 Å². The highest BCUT2D eigenvalue weighted by atomic mass is 19.1. The number of aromatic amines is 1. The van der Waals surface area contributed by atoms with Crippen molar-refractivity contribution in [3.05, 3.63) is 53.3 Å². The van der Waals surface area contributed by atoms with Crippen molar-refractivity contribution in [3.8, 4) is 11.4 Å². The van der Waals surface area contributed by atoms with Gasteiger partial charge in [0.2, 0.25) is 0 Å². The lowest BCUT2D eigenvalue weighted by Crippen LogP contribution is -1.86. The van der Waals surface area contributed by atoms with Crippen molar-refractivity contribution in [2.45, 2.75) is 13.8 Å². The van der Waals surface area contributed by atoms with E-state index in [-0.39, 0.29) is 5.82 Å². The minimum Gasteiger partial charge on any atom is -0.338 e. The fraction of sp³-hybridized carbons (Fsp3) is 0.133. The van der Waals surface area contributed by atoms with Gasteiger partial charge in [0, 0.05) is 5.56 Å². The molecule has 1 heterocycles. The zero-order chi connectivity index (χ0) is 12.7. The number of fused-ring (bicyclic) bond motifs is 1.